The number of Topliss-reactive ketones (excluding diaryl/α,β-unsaturated/α-hetero) is 1. The fourth-order valence-electron chi connectivity index (χ4n) is 3.52. The zero-order valence-corrected chi connectivity index (χ0v) is 17.7. The van der Waals surface area contributed by atoms with Crippen LogP contribution in [0.3, 0.4) is 0 Å². The maximum absolute atomic E-state index is 12.3. The van der Waals surface area contributed by atoms with Crippen LogP contribution in [0.4, 0.5) is 0 Å². The van der Waals surface area contributed by atoms with Crippen LogP contribution in [0, 0.1) is 0 Å². The van der Waals surface area contributed by atoms with Crippen LogP contribution in [0.25, 0.3) is 0 Å². The number of hydrogen-bond acceptors (Lipinski definition) is 16. The molecule has 0 bridgehead atoms. The molecule has 0 aromatic rings. The molecule has 16 nitrogen and oxygen atoms in total. The summed E-state index contributed by atoms with van der Waals surface area (Å²) in [6.45, 7) is -2.19. The van der Waals surface area contributed by atoms with Gasteiger partial charge in [-0.1, -0.05) is 0 Å². The molecule has 0 aromatic heterocycles. The van der Waals surface area contributed by atoms with E-state index in [9.17, 15) is 61.0 Å². The van der Waals surface area contributed by atoms with Crippen molar-refractivity contribution in [2.75, 3.05) is 19.8 Å². The van der Waals surface area contributed by atoms with Gasteiger partial charge in [0.1, 0.15) is 79.4 Å². The lowest BCUT2D eigenvalue weighted by Gasteiger charge is -2.40. The smallest absolute Gasteiger partial charge is 0.195 e. The van der Waals surface area contributed by atoms with E-state index in [1.165, 1.54) is 0 Å². The lowest BCUT2D eigenvalue weighted by molar-refractivity contribution is -0.306. The molecule has 2 aliphatic heterocycles. The fraction of sp³-hybridized carbons (Fsp3) is 0.944. The van der Waals surface area contributed by atoms with Gasteiger partial charge in [-0.3, -0.25) is 4.79 Å². The van der Waals surface area contributed by atoms with Crippen LogP contribution in [-0.2, 0) is 19.0 Å². The summed E-state index contributed by atoms with van der Waals surface area (Å²) in [4.78, 5) is 12.3. The Morgan fingerprint density at radius 1 is 0.853 bits per heavy atom. The van der Waals surface area contributed by atoms with Crippen LogP contribution in [0.1, 0.15) is 0 Å². The molecular formula is C18H32O16. The van der Waals surface area contributed by atoms with Crippen molar-refractivity contribution in [1.82, 2.24) is 0 Å². The van der Waals surface area contributed by atoms with Crippen LogP contribution in [-0.4, -0.2) is 173 Å². The fourth-order valence-corrected chi connectivity index (χ4v) is 3.52. The molecule has 14 atom stereocenters. The highest BCUT2D eigenvalue weighted by atomic mass is 16.7. The third kappa shape index (κ3) is 6.25. The van der Waals surface area contributed by atoms with Crippen molar-refractivity contribution in [3.8, 4) is 0 Å². The first kappa shape index (κ1) is 29.3. The summed E-state index contributed by atoms with van der Waals surface area (Å²) in [6.07, 6.45) is -26.7. The highest BCUT2D eigenvalue weighted by Gasteiger charge is 2.47. The Morgan fingerprint density at radius 2 is 1.47 bits per heavy atom. The second kappa shape index (κ2) is 12.3. The van der Waals surface area contributed by atoms with Crippen molar-refractivity contribution >= 4 is 5.78 Å². The molecule has 200 valence electrons. The Bertz CT molecular complexity index is 649. The van der Waals surface area contributed by atoms with Gasteiger partial charge in [-0.25, -0.2) is 0 Å². The summed E-state index contributed by atoms with van der Waals surface area (Å²) < 4.78 is 14.9. The minimum absolute atomic E-state index is 0.553. The van der Waals surface area contributed by atoms with E-state index in [4.69, 9.17) is 19.3 Å². The summed E-state index contributed by atoms with van der Waals surface area (Å²) in [5.41, 5.74) is 0. The van der Waals surface area contributed by atoms with Crippen molar-refractivity contribution < 1.29 is 80.3 Å². The number of hydrogen-bond donors (Lipinski definition) is 12. The molecule has 0 spiro atoms. The van der Waals surface area contributed by atoms with Gasteiger partial charge in [0, 0.05) is 0 Å². The number of carbonyl (C=O) groups excluding carboxylic acids is 1. The molecule has 0 amide bonds. The Labute approximate surface area is 192 Å². The third-order valence-corrected chi connectivity index (χ3v) is 5.78. The highest BCUT2D eigenvalue weighted by molar-refractivity contribution is 5.88. The predicted molar refractivity (Wildman–Crippen MR) is 103 cm³/mol. The van der Waals surface area contributed by atoms with Crippen molar-refractivity contribution in [3.63, 3.8) is 0 Å². The Hall–Kier alpha value is -0.930. The first-order valence-electron chi connectivity index (χ1n) is 10.3. The number of aliphatic hydroxyl groups excluding tert-OH is 12. The quantitative estimate of drug-likeness (QED) is 0.131. The van der Waals surface area contributed by atoms with E-state index >= 15 is 0 Å². The van der Waals surface area contributed by atoms with Gasteiger partial charge >= 0.3 is 0 Å². The molecule has 0 aromatic carbocycles. The maximum Gasteiger partial charge on any atom is 0.195 e. The lowest BCUT2D eigenvalue weighted by atomic mass is 9.90. The summed E-state index contributed by atoms with van der Waals surface area (Å²) in [5, 5.41) is 118. The van der Waals surface area contributed by atoms with Gasteiger partial charge in [-0.15, -0.1) is 0 Å². The monoisotopic (exact) mass is 504 g/mol. The average Bonchev–Trinajstić information content (AvgIpc) is 2.83. The van der Waals surface area contributed by atoms with Gasteiger partial charge in [0.05, 0.1) is 19.8 Å². The Balaban J connectivity index is 1.93. The minimum Gasteiger partial charge on any atom is -0.394 e. The molecule has 0 radical (unpaired) electrons. The van der Waals surface area contributed by atoms with E-state index in [1.54, 1.807) is 0 Å². The van der Waals surface area contributed by atoms with Gasteiger partial charge < -0.3 is 75.5 Å². The van der Waals surface area contributed by atoms with Crippen molar-refractivity contribution in [2.24, 2.45) is 0 Å². The molecule has 2 aliphatic rings. The van der Waals surface area contributed by atoms with E-state index in [0.717, 1.165) is 0 Å². The normalized spacial score (nSPS) is 41.4. The Kier molecular flexibility index (Phi) is 10.6. The van der Waals surface area contributed by atoms with E-state index < -0.39 is 111 Å². The number of aliphatic hydroxyl groups is 12. The third-order valence-electron chi connectivity index (χ3n) is 5.78. The minimum atomic E-state index is -2.51. The van der Waals surface area contributed by atoms with Crippen LogP contribution >= 0.6 is 0 Å². The molecule has 2 fully saturated rings. The molecule has 12 N–H and O–H groups in total. The second-order valence-corrected chi connectivity index (χ2v) is 8.22. The summed E-state index contributed by atoms with van der Waals surface area (Å²) in [7, 11) is 0. The van der Waals surface area contributed by atoms with Crippen molar-refractivity contribution in [1.29, 1.82) is 0 Å². The molecule has 34 heavy (non-hydrogen) atoms. The second-order valence-electron chi connectivity index (χ2n) is 8.22. The van der Waals surface area contributed by atoms with E-state index in [0.29, 0.717) is 0 Å². The van der Waals surface area contributed by atoms with Crippen LogP contribution < -0.4 is 0 Å². The van der Waals surface area contributed by atoms with Gasteiger partial charge in [0.25, 0.3) is 0 Å². The zero-order chi connectivity index (χ0) is 25.9. The predicted octanol–water partition coefficient (Wildman–Crippen LogP) is -8.34. The molecule has 2 saturated heterocycles. The molecule has 1 unspecified atom stereocenters. The standard InChI is InChI=1S/C18H32O16/c19-1-6-9(24)11(26)16(31)18(34-6)33-3-5(21)7(22)10(25)12(27)13(28)15(30)17-14(29)8(23)4(20)2-32-17/h4-12,14-27,29-31H,1-3H2/t4-,5+,6+,7+,8+,9+,10-,11-,12+,14-,15?,16+,17-,18+/m0/s1. The van der Waals surface area contributed by atoms with E-state index in [2.05, 4.69) is 0 Å². The number of ether oxygens (including phenoxy) is 3. The number of rotatable bonds is 10. The van der Waals surface area contributed by atoms with Gasteiger partial charge in [0.15, 0.2) is 12.1 Å². The molecule has 0 saturated carbocycles. The SMILES string of the molecule is O=C(C(O)[C@H]1OC[C@H](O)[C@@H](O)[C@@H]1O)[C@H](O)[C@@H](O)[C@H](O)[C@H](O)CO[C@@H]1O[C@H](CO)[C@@H](O)[C@H](O)[C@H]1O. The highest BCUT2D eigenvalue weighted by Crippen LogP contribution is 2.23. The zero-order valence-electron chi connectivity index (χ0n) is 17.7. The average molecular weight is 504 g/mol. The summed E-state index contributed by atoms with van der Waals surface area (Å²) >= 11 is 0. The lowest BCUT2D eigenvalue weighted by Crippen LogP contribution is -2.61. The van der Waals surface area contributed by atoms with Crippen molar-refractivity contribution in [3.05, 3.63) is 0 Å². The first-order valence-corrected chi connectivity index (χ1v) is 10.3. The first-order chi connectivity index (χ1) is 15.8. The van der Waals surface area contributed by atoms with Crippen LogP contribution in [0.15, 0.2) is 0 Å². The molecule has 2 rings (SSSR count). The summed E-state index contributed by atoms with van der Waals surface area (Å²) in [5.74, 6) is -1.54. The topological polar surface area (TPSA) is 288 Å². The molecule has 2 heterocycles. The number of carbonyl (C=O) groups is 1. The van der Waals surface area contributed by atoms with Gasteiger partial charge in [-0.05, 0) is 0 Å². The van der Waals surface area contributed by atoms with E-state index in [1.807, 2.05) is 0 Å². The summed E-state index contributed by atoms with van der Waals surface area (Å²) in [6, 6.07) is 0. The van der Waals surface area contributed by atoms with E-state index in [-0.39, 0.29) is 0 Å². The van der Waals surface area contributed by atoms with Crippen LogP contribution in [0.2, 0.25) is 0 Å². The molecule has 0 aliphatic carbocycles. The van der Waals surface area contributed by atoms with Crippen LogP contribution in [0.5, 0.6) is 0 Å². The largest absolute Gasteiger partial charge is 0.394 e. The molecular weight excluding hydrogens is 472 g/mol. The van der Waals surface area contributed by atoms with Gasteiger partial charge in [0.2, 0.25) is 0 Å². The van der Waals surface area contributed by atoms with Crippen molar-refractivity contribution in [2.45, 2.75) is 85.6 Å². The van der Waals surface area contributed by atoms with Gasteiger partial charge in [-0.2, -0.15) is 0 Å². The maximum atomic E-state index is 12.3. The number of ketones is 1. The molecule has 16 heteroatoms. The Morgan fingerprint density at radius 3 is 2.06 bits per heavy atom.